The van der Waals surface area contributed by atoms with E-state index in [9.17, 15) is 0 Å². The molecule has 2 unspecified atom stereocenters. The first-order valence-corrected chi connectivity index (χ1v) is 97.0. The van der Waals surface area contributed by atoms with E-state index in [0.29, 0.717) is 35.1 Å². The van der Waals surface area contributed by atoms with E-state index in [4.69, 9.17) is 0 Å². The summed E-state index contributed by atoms with van der Waals surface area (Å²) in [5.74, 6) is 0. The molecule has 0 N–H and O–H groups in total. The van der Waals surface area contributed by atoms with Crippen molar-refractivity contribution >= 4 is 157 Å². The maximum atomic E-state index is 3.21. The Morgan fingerprint density at radius 2 is 0.500 bits per heavy atom. The van der Waals surface area contributed by atoms with Gasteiger partial charge in [0, 0.05) is 0 Å². The molecular formula is C70H144Si14Sn2. The maximum absolute atomic E-state index is 4.10. The van der Waals surface area contributed by atoms with E-state index in [0.717, 1.165) is 0 Å². The van der Waals surface area contributed by atoms with E-state index in [1.165, 1.54) is 0 Å². The molecule has 2 bridgehead atoms. The second-order valence-corrected chi connectivity index (χ2v) is 150. The van der Waals surface area contributed by atoms with Gasteiger partial charge in [0.25, 0.3) is 0 Å². The Kier molecular flexibility index (Phi) is 21.9. The summed E-state index contributed by atoms with van der Waals surface area (Å²) in [5, 5.41) is 2.70. The summed E-state index contributed by atoms with van der Waals surface area (Å²) in [6.45, 7) is 119. The predicted molar refractivity (Wildman–Crippen MR) is 449 cm³/mol. The average Bonchev–Trinajstić information content (AvgIpc) is 1.29. The Morgan fingerprint density at radius 3 is 0.709 bits per heavy atom. The Morgan fingerprint density at radius 1 is 0.279 bits per heavy atom. The van der Waals surface area contributed by atoms with E-state index in [1.54, 1.807) is 0 Å². The van der Waals surface area contributed by atoms with Crippen LogP contribution < -0.4 is 7.16 Å². The van der Waals surface area contributed by atoms with Gasteiger partial charge in [0.05, 0.1) is 0 Å². The summed E-state index contributed by atoms with van der Waals surface area (Å²) >= 11 is -8.18. The topological polar surface area (TPSA) is 0 Å². The molecule has 2 atom stereocenters. The summed E-state index contributed by atoms with van der Waals surface area (Å²) in [6.07, 6.45) is 14.7. The fraction of sp³-hybridized carbons (Fsp3) is 0.714. The van der Waals surface area contributed by atoms with Crippen molar-refractivity contribution < 1.29 is 0 Å². The molecule has 16 heteroatoms. The van der Waals surface area contributed by atoms with Gasteiger partial charge >= 0.3 is 567 Å². The molecule has 488 valence electrons. The molecule has 2 aromatic rings. The van der Waals surface area contributed by atoms with Crippen LogP contribution in [-0.2, 0) is 8.57 Å². The van der Waals surface area contributed by atoms with Crippen molar-refractivity contribution in [1.82, 2.24) is 0 Å². The number of allylic oxidation sites excluding steroid dienone is 5. The second kappa shape index (κ2) is 23.9. The molecule has 0 radical (unpaired) electrons. The van der Waals surface area contributed by atoms with Crippen LogP contribution in [-0.4, -0.2) is 150 Å². The predicted octanol–water partition coefficient (Wildman–Crippen LogP) is 23.0. The zero-order chi connectivity index (χ0) is 67.6. The first-order chi connectivity index (χ1) is 37.5. The summed E-state index contributed by atoms with van der Waals surface area (Å²) in [5.41, 5.74) is 11.7. The van der Waals surface area contributed by atoms with Gasteiger partial charge in [-0.3, -0.25) is 0 Å². The van der Waals surface area contributed by atoms with Gasteiger partial charge in [-0.2, -0.15) is 0 Å². The van der Waals surface area contributed by atoms with Crippen molar-refractivity contribution in [3.63, 3.8) is 0 Å². The summed E-state index contributed by atoms with van der Waals surface area (Å²) in [7, 11) is -26.3. The monoisotopic (exact) mass is 1620 g/mol. The van der Waals surface area contributed by atoms with Crippen molar-refractivity contribution in [1.29, 1.82) is 0 Å². The van der Waals surface area contributed by atoms with Crippen molar-refractivity contribution in [3.05, 3.63) is 100 Å². The molecule has 0 saturated heterocycles. The van der Waals surface area contributed by atoms with E-state index >= 15 is 0 Å². The summed E-state index contributed by atoms with van der Waals surface area (Å²) < 4.78 is 15.6. The van der Waals surface area contributed by atoms with Gasteiger partial charge in [-0.05, 0) is 0 Å². The van der Waals surface area contributed by atoms with E-state index in [-0.39, 0.29) is 0 Å². The minimum absolute atomic E-state index is 0.301. The molecule has 2 aromatic carbocycles. The number of hydrogen-bond donors (Lipinski definition) is 0. The first kappa shape index (κ1) is 78.7. The van der Waals surface area contributed by atoms with Crippen molar-refractivity contribution in [2.24, 2.45) is 0 Å². The fourth-order valence-corrected chi connectivity index (χ4v) is 200. The number of hydrogen-bond acceptors (Lipinski definition) is 0. The van der Waals surface area contributed by atoms with Gasteiger partial charge in [0.1, 0.15) is 0 Å². The number of benzene rings is 2. The SMILES string of the molecule is C[Si](C)(C)C(c1cc(C([Si](C)(C)C)([Si](C)(C)C)[Si](C)(C)C)cc(C([Si](C)(C)C)[Si](C)(C)C)[c]1[Sn]12[CH]=C[CH](C=[CH]1)[Sn]1([c]3c(C([Si](C)(C)C)[Si](C)(C)C)cc(C([Si](C)(C)C)([Si](C)(C)C)[Si](C)(C)C)cc3C([Si](C)(C)C)[Si](C)(C)C)[CH]=CC=C[CH]21)[Si](C)(C)C. The van der Waals surface area contributed by atoms with Crippen LogP contribution in [0.3, 0.4) is 0 Å². The molecule has 0 spiro atoms. The quantitative estimate of drug-likeness (QED) is 0.103. The van der Waals surface area contributed by atoms with Gasteiger partial charge in [-0.15, -0.1) is 0 Å². The molecule has 0 aliphatic carbocycles. The third-order valence-electron chi connectivity index (χ3n) is 22.6. The van der Waals surface area contributed by atoms with Crippen LogP contribution >= 0.6 is 0 Å². The Hall–Kier alpha value is 2.03. The van der Waals surface area contributed by atoms with Crippen LogP contribution in [0.5, 0.6) is 0 Å². The normalized spacial score (nSPS) is 22.2. The minimum atomic E-state index is -4.10. The molecule has 4 aliphatic rings. The van der Waals surface area contributed by atoms with Gasteiger partial charge in [0.2, 0.25) is 0 Å². The van der Waals surface area contributed by atoms with E-state index < -0.39 is 150 Å². The van der Waals surface area contributed by atoms with Crippen molar-refractivity contribution in [3.8, 4) is 0 Å². The molecule has 0 nitrogen and oxygen atoms in total. The Bertz CT molecular complexity index is 2710. The Labute approximate surface area is 560 Å². The molecule has 4 aliphatic heterocycles. The fourth-order valence-electron chi connectivity index (χ4n) is 25.4. The van der Waals surface area contributed by atoms with Crippen LogP contribution in [0.1, 0.15) is 54.0 Å². The van der Waals surface area contributed by atoms with E-state index in [1.807, 2.05) is 33.4 Å². The molecule has 0 saturated carbocycles. The van der Waals surface area contributed by atoms with Crippen molar-refractivity contribution in [2.45, 2.75) is 310 Å². The van der Waals surface area contributed by atoms with Gasteiger partial charge in [-0.25, -0.2) is 0 Å². The molecule has 86 heavy (non-hydrogen) atoms. The van der Waals surface area contributed by atoms with Crippen LogP contribution in [0.15, 0.2) is 66.9 Å². The standard InChI is InChI=1S/2C30H67Si7.2C5H5.2Sn/c2*1-31(2,3)28(32(4,5)6)25-22-26(29(33(7,8)9)34(10,11)12)24-27(23-25)30(35(13,14)15,36(16,17)18)37(19,20)21;2*1-3-5-4-2;;/h2*23-24,28-29H,1-21H3;2*1-5H;;. The molecule has 4 heterocycles. The second-order valence-electron chi connectivity index (χ2n) is 44.1. The van der Waals surface area contributed by atoms with Gasteiger partial charge < -0.3 is 0 Å². The van der Waals surface area contributed by atoms with E-state index in [2.05, 4.69) is 349 Å². The zero-order valence-electron chi connectivity index (χ0n) is 65.4. The molecule has 0 fully saturated rings. The van der Waals surface area contributed by atoms with Crippen LogP contribution in [0, 0.1) is 0 Å². The Balaban J connectivity index is 2.40. The third-order valence-corrected chi connectivity index (χ3v) is 146. The molecule has 6 rings (SSSR count). The summed E-state index contributed by atoms with van der Waals surface area (Å²) in [4.78, 5) is 0. The average molecular weight is 1620 g/mol. The van der Waals surface area contributed by atoms with Crippen LogP contribution in [0.4, 0.5) is 0 Å². The van der Waals surface area contributed by atoms with Gasteiger partial charge in [-0.1, -0.05) is 0 Å². The molecule has 0 aromatic heterocycles. The molecular weight excluding hydrogens is 1470 g/mol. The summed E-state index contributed by atoms with van der Waals surface area (Å²) in [6, 6.07) is 12.8. The van der Waals surface area contributed by atoms with Crippen LogP contribution in [0.25, 0.3) is 0 Å². The molecule has 0 amide bonds. The first-order valence-electron chi connectivity index (χ1n) is 34.7. The third kappa shape index (κ3) is 13.6. The van der Waals surface area contributed by atoms with Crippen LogP contribution in [0.2, 0.25) is 281 Å². The zero-order valence-corrected chi connectivity index (χ0v) is 85.1. The van der Waals surface area contributed by atoms with Crippen molar-refractivity contribution in [2.75, 3.05) is 0 Å². The van der Waals surface area contributed by atoms with Gasteiger partial charge in [0.15, 0.2) is 0 Å². The number of rotatable bonds is 22.